The lowest BCUT2D eigenvalue weighted by molar-refractivity contribution is -0.00545. The predicted octanol–water partition coefficient (Wildman–Crippen LogP) is 2.58. The smallest absolute Gasteiger partial charge is 0.128 e. The molecular weight excluding hydrogens is 278 g/mol. The Balaban J connectivity index is 1.53. The molecule has 1 aliphatic rings. The van der Waals surface area contributed by atoms with E-state index in [1.807, 2.05) is 18.3 Å². The SMILES string of the molecule is CC1CN(c2ccc(CNCc3ccco3)cn2)CC(C)O1. The second kappa shape index (κ2) is 6.94. The van der Waals surface area contributed by atoms with Crippen LogP contribution in [0.1, 0.15) is 25.2 Å². The largest absolute Gasteiger partial charge is 0.468 e. The van der Waals surface area contributed by atoms with Crippen molar-refractivity contribution in [3.8, 4) is 0 Å². The summed E-state index contributed by atoms with van der Waals surface area (Å²) >= 11 is 0. The number of ether oxygens (including phenoxy) is 1. The van der Waals surface area contributed by atoms with E-state index in [4.69, 9.17) is 9.15 Å². The molecule has 1 N–H and O–H groups in total. The Bertz CT molecular complexity index is 558. The number of hydrogen-bond acceptors (Lipinski definition) is 5. The highest BCUT2D eigenvalue weighted by atomic mass is 16.5. The van der Waals surface area contributed by atoms with Gasteiger partial charge in [-0.25, -0.2) is 4.98 Å². The van der Waals surface area contributed by atoms with Crippen LogP contribution in [0.4, 0.5) is 5.82 Å². The van der Waals surface area contributed by atoms with Crippen LogP contribution >= 0.6 is 0 Å². The van der Waals surface area contributed by atoms with Gasteiger partial charge in [-0.05, 0) is 37.6 Å². The Morgan fingerprint density at radius 2 is 2.00 bits per heavy atom. The molecule has 1 fully saturated rings. The summed E-state index contributed by atoms with van der Waals surface area (Å²) in [5.41, 5.74) is 1.17. The highest BCUT2D eigenvalue weighted by Gasteiger charge is 2.22. The van der Waals surface area contributed by atoms with Crippen molar-refractivity contribution in [3.05, 3.63) is 48.0 Å². The highest BCUT2D eigenvalue weighted by Crippen LogP contribution is 2.18. The Hall–Kier alpha value is -1.85. The first-order valence-corrected chi connectivity index (χ1v) is 7.79. The van der Waals surface area contributed by atoms with Gasteiger partial charge in [-0.15, -0.1) is 0 Å². The van der Waals surface area contributed by atoms with Crippen LogP contribution in [0.2, 0.25) is 0 Å². The number of rotatable bonds is 5. The Kier molecular flexibility index (Phi) is 4.75. The normalized spacial score (nSPS) is 22.0. The molecule has 5 heteroatoms. The van der Waals surface area contributed by atoms with Gasteiger partial charge in [0, 0.05) is 25.8 Å². The van der Waals surface area contributed by atoms with Gasteiger partial charge in [-0.3, -0.25) is 0 Å². The topological polar surface area (TPSA) is 50.5 Å². The first-order valence-electron chi connectivity index (χ1n) is 7.79. The van der Waals surface area contributed by atoms with E-state index in [2.05, 4.69) is 41.2 Å². The lowest BCUT2D eigenvalue weighted by Crippen LogP contribution is -2.45. The van der Waals surface area contributed by atoms with Crippen LogP contribution in [0.3, 0.4) is 0 Å². The molecule has 0 radical (unpaired) electrons. The maximum absolute atomic E-state index is 5.76. The molecule has 0 aromatic carbocycles. The molecule has 0 bridgehead atoms. The second-order valence-corrected chi connectivity index (χ2v) is 5.87. The van der Waals surface area contributed by atoms with Crippen molar-refractivity contribution in [2.45, 2.75) is 39.1 Å². The molecule has 0 saturated carbocycles. The summed E-state index contributed by atoms with van der Waals surface area (Å²) in [5, 5.41) is 3.35. The van der Waals surface area contributed by atoms with Gasteiger partial charge >= 0.3 is 0 Å². The maximum Gasteiger partial charge on any atom is 0.128 e. The number of morpholine rings is 1. The number of nitrogens with one attached hydrogen (secondary N) is 1. The fraction of sp³-hybridized carbons (Fsp3) is 0.471. The minimum Gasteiger partial charge on any atom is -0.468 e. The van der Waals surface area contributed by atoms with Crippen LogP contribution in [0, 0.1) is 0 Å². The van der Waals surface area contributed by atoms with Crippen molar-refractivity contribution in [2.75, 3.05) is 18.0 Å². The summed E-state index contributed by atoms with van der Waals surface area (Å²) in [7, 11) is 0. The molecule has 3 rings (SSSR count). The summed E-state index contributed by atoms with van der Waals surface area (Å²) in [5.74, 6) is 1.97. The van der Waals surface area contributed by atoms with Crippen LogP contribution in [-0.2, 0) is 17.8 Å². The number of hydrogen-bond donors (Lipinski definition) is 1. The van der Waals surface area contributed by atoms with Crippen LogP contribution in [0.5, 0.6) is 0 Å². The van der Waals surface area contributed by atoms with Gasteiger partial charge in [0.1, 0.15) is 11.6 Å². The van der Waals surface area contributed by atoms with Gasteiger partial charge < -0.3 is 19.4 Å². The van der Waals surface area contributed by atoms with Gasteiger partial charge in [0.05, 0.1) is 25.0 Å². The van der Waals surface area contributed by atoms with Crippen LogP contribution in [0.15, 0.2) is 41.1 Å². The average Bonchev–Trinajstić information content (AvgIpc) is 3.00. The van der Waals surface area contributed by atoms with E-state index in [1.54, 1.807) is 6.26 Å². The number of nitrogens with zero attached hydrogens (tertiary/aromatic N) is 2. The van der Waals surface area contributed by atoms with Crippen LogP contribution in [-0.4, -0.2) is 30.3 Å². The van der Waals surface area contributed by atoms with Crippen molar-refractivity contribution in [1.29, 1.82) is 0 Å². The third-order valence-electron chi connectivity index (χ3n) is 3.76. The van der Waals surface area contributed by atoms with E-state index in [1.165, 1.54) is 5.56 Å². The third kappa shape index (κ3) is 3.87. The molecule has 2 aromatic heterocycles. The molecule has 0 aliphatic carbocycles. The monoisotopic (exact) mass is 301 g/mol. The molecule has 0 spiro atoms. The highest BCUT2D eigenvalue weighted by molar-refractivity contribution is 5.40. The van der Waals surface area contributed by atoms with Crippen LogP contribution < -0.4 is 10.2 Å². The Morgan fingerprint density at radius 1 is 1.18 bits per heavy atom. The minimum atomic E-state index is 0.250. The lowest BCUT2D eigenvalue weighted by atomic mass is 10.2. The van der Waals surface area contributed by atoms with E-state index in [0.29, 0.717) is 0 Å². The first-order chi connectivity index (χ1) is 10.7. The molecule has 5 nitrogen and oxygen atoms in total. The molecule has 22 heavy (non-hydrogen) atoms. The van der Waals surface area contributed by atoms with Crippen molar-refractivity contribution in [3.63, 3.8) is 0 Å². The zero-order valence-electron chi connectivity index (χ0n) is 13.2. The van der Waals surface area contributed by atoms with Crippen molar-refractivity contribution in [1.82, 2.24) is 10.3 Å². The van der Waals surface area contributed by atoms with Crippen LogP contribution in [0.25, 0.3) is 0 Å². The molecular formula is C17H23N3O2. The quantitative estimate of drug-likeness (QED) is 0.920. The molecule has 1 aliphatic heterocycles. The molecule has 118 valence electrons. The van der Waals surface area contributed by atoms with E-state index >= 15 is 0 Å². The Morgan fingerprint density at radius 3 is 2.64 bits per heavy atom. The maximum atomic E-state index is 5.76. The van der Waals surface area contributed by atoms with Crippen molar-refractivity contribution in [2.24, 2.45) is 0 Å². The summed E-state index contributed by atoms with van der Waals surface area (Å²) in [4.78, 5) is 6.88. The standard InChI is InChI=1S/C17H23N3O2/c1-13-11-20(12-14(2)22-13)17-6-5-15(9-19-17)8-18-10-16-4-3-7-21-16/h3-7,9,13-14,18H,8,10-12H2,1-2H3. The summed E-state index contributed by atoms with van der Waals surface area (Å²) in [6.07, 6.45) is 4.13. The van der Waals surface area contributed by atoms with Gasteiger partial charge in [-0.1, -0.05) is 6.07 Å². The summed E-state index contributed by atoms with van der Waals surface area (Å²) in [6.45, 7) is 7.52. The lowest BCUT2D eigenvalue weighted by Gasteiger charge is -2.36. The zero-order valence-corrected chi connectivity index (χ0v) is 13.2. The van der Waals surface area contributed by atoms with Gasteiger partial charge in [0.2, 0.25) is 0 Å². The molecule has 3 heterocycles. The van der Waals surface area contributed by atoms with Gasteiger partial charge in [0.25, 0.3) is 0 Å². The molecule has 2 unspecified atom stereocenters. The van der Waals surface area contributed by atoms with E-state index in [9.17, 15) is 0 Å². The van der Waals surface area contributed by atoms with Crippen molar-refractivity contribution < 1.29 is 9.15 Å². The summed E-state index contributed by atoms with van der Waals surface area (Å²) < 4.78 is 11.1. The predicted molar refractivity (Wildman–Crippen MR) is 85.7 cm³/mol. The fourth-order valence-electron chi connectivity index (χ4n) is 2.82. The second-order valence-electron chi connectivity index (χ2n) is 5.87. The molecule has 0 amide bonds. The van der Waals surface area contributed by atoms with Gasteiger partial charge in [-0.2, -0.15) is 0 Å². The van der Waals surface area contributed by atoms with E-state index in [-0.39, 0.29) is 12.2 Å². The number of anilines is 1. The number of pyridine rings is 1. The van der Waals surface area contributed by atoms with E-state index in [0.717, 1.165) is 37.8 Å². The molecule has 2 atom stereocenters. The van der Waals surface area contributed by atoms with E-state index < -0.39 is 0 Å². The average molecular weight is 301 g/mol. The molecule has 1 saturated heterocycles. The first kappa shape index (κ1) is 15.1. The van der Waals surface area contributed by atoms with Gasteiger partial charge in [0.15, 0.2) is 0 Å². The molecule has 2 aromatic rings. The Labute approximate surface area is 131 Å². The van der Waals surface area contributed by atoms with Crippen molar-refractivity contribution >= 4 is 5.82 Å². The third-order valence-corrected chi connectivity index (χ3v) is 3.76. The zero-order chi connectivity index (χ0) is 15.4. The minimum absolute atomic E-state index is 0.250. The number of aromatic nitrogens is 1. The number of furan rings is 1. The fourth-order valence-corrected chi connectivity index (χ4v) is 2.82. The summed E-state index contributed by atoms with van der Waals surface area (Å²) in [6, 6.07) is 8.09.